The van der Waals surface area contributed by atoms with E-state index in [0.717, 1.165) is 57.0 Å². The fraction of sp³-hybridized carbons (Fsp3) is 0.556. The number of hydrogen-bond donors (Lipinski definition) is 0. The normalized spacial score (nSPS) is 15.8. The van der Waals surface area contributed by atoms with Gasteiger partial charge in [0.2, 0.25) is 5.91 Å². The maximum absolute atomic E-state index is 12.4. The van der Waals surface area contributed by atoms with E-state index in [-0.39, 0.29) is 11.7 Å². The minimum atomic E-state index is 0.125. The van der Waals surface area contributed by atoms with Gasteiger partial charge in [-0.15, -0.1) is 11.3 Å². The van der Waals surface area contributed by atoms with Crippen molar-refractivity contribution >= 4 is 23.0 Å². The van der Waals surface area contributed by atoms with Crippen molar-refractivity contribution in [3.63, 3.8) is 0 Å². The Labute approximate surface area is 157 Å². The molecule has 140 valence electrons. The van der Waals surface area contributed by atoms with E-state index in [1.54, 1.807) is 17.9 Å². The average Bonchev–Trinajstić information content (AvgIpc) is 3.24. The van der Waals surface area contributed by atoms with Gasteiger partial charge >= 0.3 is 0 Å². The lowest BCUT2D eigenvalue weighted by atomic mass is 10.2. The third-order valence-corrected chi connectivity index (χ3v) is 5.67. The van der Waals surface area contributed by atoms with Crippen LogP contribution in [-0.2, 0) is 17.9 Å². The summed E-state index contributed by atoms with van der Waals surface area (Å²) in [5.41, 5.74) is 1.19. The molecule has 26 heavy (non-hydrogen) atoms. The number of aryl methyl sites for hydroxylation is 1. The molecule has 0 atom stereocenters. The van der Waals surface area contributed by atoms with Crippen LogP contribution >= 0.6 is 11.3 Å². The Balaban J connectivity index is 1.43. The summed E-state index contributed by atoms with van der Waals surface area (Å²) in [7, 11) is 0. The highest BCUT2D eigenvalue weighted by Crippen LogP contribution is 2.18. The van der Waals surface area contributed by atoms with Crippen molar-refractivity contribution in [2.45, 2.75) is 39.3 Å². The van der Waals surface area contributed by atoms with Crippen molar-refractivity contribution < 1.29 is 9.59 Å². The van der Waals surface area contributed by atoms with Gasteiger partial charge in [-0.1, -0.05) is 0 Å². The van der Waals surface area contributed by atoms with E-state index in [1.807, 2.05) is 11.0 Å². The van der Waals surface area contributed by atoms with Crippen LogP contribution in [0.1, 0.15) is 41.4 Å². The zero-order chi connectivity index (χ0) is 18.4. The lowest BCUT2D eigenvalue weighted by molar-refractivity contribution is -0.131. The number of carbonyl (C=O) groups is 2. The Morgan fingerprint density at radius 3 is 2.85 bits per heavy atom. The molecule has 3 rings (SSSR count). The minimum absolute atomic E-state index is 0.125. The number of thiophene rings is 1. The van der Waals surface area contributed by atoms with Crippen molar-refractivity contribution in [3.8, 4) is 0 Å². The molecule has 1 amide bonds. The predicted octanol–water partition coefficient (Wildman–Crippen LogP) is 2.06. The molecule has 8 heteroatoms. The third kappa shape index (κ3) is 5.22. The molecule has 0 radical (unpaired) electrons. The monoisotopic (exact) mass is 375 g/mol. The van der Waals surface area contributed by atoms with Crippen LogP contribution in [0.15, 0.2) is 24.1 Å². The van der Waals surface area contributed by atoms with Crippen LogP contribution in [0.3, 0.4) is 0 Å². The highest BCUT2D eigenvalue weighted by molar-refractivity contribution is 7.12. The van der Waals surface area contributed by atoms with Gasteiger partial charge in [0.15, 0.2) is 5.78 Å². The Kier molecular flexibility index (Phi) is 6.51. The largest absolute Gasteiger partial charge is 0.341 e. The summed E-state index contributed by atoms with van der Waals surface area (Å²) in [4.78, 5) is 33.0. The molecule has 0 saturated carbocycles. The second-order valence-corrected chi connectivity index (χ2v) is 7.56. The molecular weight excluding hydrogens is 350 g/mol. The third-order valence-electron chi connectivity index (χ3n) is 4.59. The Morgan fingerprint density at radius 1 is 1.23 bits per heavy atom. The van der Waals surface area contributed by atoms with E-state index in [1.165, 1.54) is 23.2 Å². The first-order chi connectivity index (χ1) is 12.6. The van der Waals surface area contributed by atoms with E-state index in [9.17, 15) is 9.59 Å². The zero-order valence-electron chi connectivity index (χ0n) is 15.1. The summed E-state index contributed by atoms with van der Waals surface area (Å²) in [6.07, 6.45) is 5.50. The molecule has 0 N–H and O–H groups in total. The van der Waals surface area contributed by atoms with Gasteiger partial charge in [0, 0.05) is 45.7 Å². The zero-order valence-corrected chi connectivity index (χ0v) is 16.0. The highest BCUT2D eigenvalue weighted by Gasteiger charge is 2.19. The van der Waals surface area contributed by atoms with Crippen molar-refractivity contribution in [1.29, 1.82) is 0 Å². The summed E-state index contributed by atoms with van der Waals surface area (Å²) in [6.45, 7) is 6.62. The molecule has 0 aliphatic carbocycles. The molecule has 3 heterocycles. The summed E-state index contributed by atoms with van der Waals surface area (Å²) in [5.74, 6) is 0.348. The van der Waals surface area contributed by atoms with Crippen LogP contribution in [0.5, 0.6) is 0 Å². The molecule has 1 fully saturated rings. The van der Waals surface area contributed by atoms with Gasteiger partial charge in [0.1, 0.15) is 12.7 Å². The molecule has 7 nitrogen and oxygen atoms in total. The van der Waals surface area contributed by atoms with Crippen LogP contribution in [0, 0.1) is 0 Å². The minimum Gasteiger partial charge on any atom is -0.341 e. The SMILES string of the molecule is CC(=O)c1cc(CN2CCCN(C(=O)CCCn3cncn3)CC2)cs1. The molecule has 0 aromatic carbocycles. The maximum Gasteiger partial charge on any atom is 0.222 e. The van der Waals surface area contributed by atoms with E-state index in [0.29, 0.717) is 6.42 Å². The lowest BCUT2D eigenvalue weighted by Crippen LogP contribution is -2.35. The number of rotatable bonds is 7. The molecule has 2 aromatic rings. The first kappa shape index (κ1) is 18.7. The summed E-state index contributed by atoms with van der Waals surface area (Å²) in [5, 5.41) is 6.12. The number of ketones is 1. The standard InChI is InChI=1S/C18H25N5O2S/c1-15(24)17-10-16(12-26-17)11-21-5-3-6-22(9-8-21)18(25)4-2-7-23-14-19-13-20-23/h10,12-14H,2-9,11H2,1H3. The van der Waals surface area contributed by atoms with Gasteiger partial charge in [0.25, 0.3) is 0 Å². The van der Waals surface area contributed by atoms with Gasteiger partial charge in [0.05, 0.1) is 4.88 Å². The quantitative estimate of drug-likeness (QED) is 0.693. The van der Waals surface area contributed by atoms with E-state index < -0.39 is 0 Å². The molecule has 0 spiro atoms. The second kappa shape index (κ2) is 9.05. The van der Waals surface area contributed by atoms with Gasteiger partial charge in [-0.3, -0.25) is 19.2 Å². The van der Waals surface area contributed by atoms with Gasteiger partial charge in [-0.05, 0) is 36.8 Å². The number of carbonyl (C=O) groups excluding carboxylic acids is 2. The maximum atomic E-state index is 12.4. The Morgan fingerprint density at radius 2 is 2.12 bits per heavy atom. The topological polar surface area (TPSA) is 71.3 Å². The first-order valence-electron chi connectivity index (χ1n) is 9.02. The van der Waals surface area contributed by atoms with Crippen LogP contribution in [0.4, 0.5) is 0 Å². The molecule has 1 aliphatic heterocycles. The average molecular weight is 375 g/mol. The van der Waals surface area contributed by atoms with Crippen LogP contribution in [0.25, 0.3) is 0 Å². The smallest absolute Gasteiger partial charge is 0.222 e. The summed E-state index contributed by atoms with van der Waals surface area (Å²) >= 11 is 1.51. The van der Waals surface area contributed by atoms with Crippen molar-refractivity contribution in [2.24, 2.45) is 0 Å². The number of hydrogen-bond acceptors (Lipinski definition) is 6. The van der Waals surface area contributed by atoms with E-state index >= 15 is 0 Å². The molecule has 0 bridgehead atoms. The summed E-state index contributed by atoms with van der Waals surface area (Å²) in [6, 6.07) is 1.99. The van der Waals surface area contributed by atoms with Crippen LogP contribution in [-0.4, -0.2) is 62.4 Å². The fourth-order valence-electron chi connectivity index (χ4n) is 3.18. The molecule has 0 unspecified atom stereocenters. The first-order valence-corrected chi connectivity index (χ1v) is 9.90. The van der Waals surface area contributed by atoms with E-state index in [2.05, 4.69) is 20.4 Å². The van der Waals surface area contributed by atoms with Crippen molar-refractivity contribution in [3.05, 3.63) is 34.5 Å². The van der Waals surface area contributed by atoms with Crippen LogP contribution in [0.2, 0.25) is 0 Å². The molecular formula is C18H25N5O2S. The molecule has 1 aliphatic rings. The molecule has 2 aromatic heterocycles. The highest BCUT2D eigenvalue weighted by atomic mass is 32.1. The van der Waals surface area contributed by atoms with Crippen LogP contribution < -0.4 is 0 Å². The number of aromatic nitrogens is 3. The van der Waals surface area contributed by atoms with E-state index in [4.69, 9.17) is 0 Å². The van der Waals surface area contributed by atoms with Gasteiger partial charge in [-0.25, -0.2) is 4.98 Å². The Hall–Kier alpha value is -2.06. The van der Waals surface area contributed by atoms with Gasteiger partial charge < -0.3 is 4.90 Å². The number of nitrogens with zero attached hydrogens (tertiary/aromatic N) is 5. The van der Waals surface area contributed by atoms with Gasteiger partial charge in [-0.2, -0.15) is 5.10 Å². The summed E-state index contributed by atoms with van der Waals surface area (Å²) < 4.78 is 1.76. The Bertz CT molecular complexity index is 728. The second-order valence-electron chi connectivity index (χ2n) is 6.65. The molecule has 1 saturated heterocycles. The lowest BCUT2D eigenvalue weighted by Gasteiger charge is -2.22. The fourth-order valence-corrected chi connectivity index (χ4v) is 3.98. The number of amides is 1. The predicted molar refractivity (Wildman–Crippen MR) is 100 cm³/mol. The number of Topliss-reactive ketones (excluding diaryl/α,β-unsaturated/α-hetero) is 1. The van der Waals surface area contributed by atoms with Crippen molar-refractivity contribution in [2.75, 3.05) is 26.2 Å². The van der Waals surface area contributed by atoms with Crippen molar-refractivity contribution in [1.82, 2.24) is 24.6 Å².